The quantitative estimate of drug-likeness (QED) is 0.486. The van der Waals surface area contributed by atoms with Gasteiger partial charge < -0.3 is 5.32 Å². The van der Waals surface area contributed by atoms with Crippen LogP contribution in [0, 0.1) is 6.92 Å². The minimum absolute atomic E-state index is 0.116. The fraction of sp³-hybridized carbons (Fsp3) is 0.240. The zero-order valence-electron chi connectivity index (χ0n) is 18.4. The fourth-order valence-electron chi connectivity index (χ4n) is 3.46. The number of nitrogens with one attached hydrogen (secondary N) is 1. The molecule has 1 unspecified atom stereocenters. The van der Waals surface area contributed by atoms with Gasteiger partial charge in [-0.1, -0.05) is 61.0 Å². The molecule has 0 saturated heterocycles. The first-order chi connectivity index (χ1) is 15.2. The Kier molecular flexibility index (Phi) is 7.59. The van der Waals surface area contributed by atoms with Gasteiger partial charge in [0.05, 0.1) is 16.6 Å². The molecular formula is C25H27ClN2O3S. The van der Waals surface area contributed by atoms with E-state index in [2.05, 4.69) is 12.2 Å². The third-order valence-corrected chi connectivity index (χ3v) is 7.32. The molecule has 3 aromatic carbocycles. The summed E-state index contributed by atoms with van der Waals surface area (Å²) in [5.41, 5.74) is 3.24. The molecule has 32 heavy (non-hydrogen) atoms. The van der Waals surface area contributed by atoms with E-state index in [1.54, 1.807) is 43.3 Å². The van der Waals surface area contributed by atoms with Gasteiger partial charge in [-0.3, -0.25) is 9.10 Å². The summed E-state index contributed by atoms with van der Waals surface area (Å²) in [6.45, 7) is 5.38. The number of amides is 1. The van der Waals surface area contributed by atoms with Gasteiger partial charge in [-0.05, 0) is 67.3 Å². The van der Waals surface area contributed by atoms with Gasteiger partial charge in [-0.15, -0.1) is 0 Å². The van der Waals surface area contributed by atoms with Crippen LogP contribution in [0.25, 0.3) is 0 Å². The van der Waals surface area contributed by atoms with E-state index in [0.29, 0.717) is 16.3 Å². The Hall–Kier alpha value is -2.83. The molecule has 168 valence electrons. The van der Waals surface area contributed by atoms with Crippen molar-refractivity contribution in [2.45, 2.75) is 38.1 Å². The number of aryl methyl sites for hydroxylation is 2. The van der Waals surface area contributed by atoms with Gasteiger partial charge in [0.15, 0.2) is 0 Å². The highest BCUT2D eigenvalue weighted by Crippen LogP contribution is 2.29. The van der Waals surface area contributed by atoms with Crippen LogP contribution in [-0.4, -0.2) is 20.9 Å². The van der Waals surface area contributed by atoms with E-state index in [1.807, 2.05) is 31.2 Å². The normalized spacial score (nSPS) is 12.2. The summed E-state index contributed by atoms with van der Waals surface area (Å²) in [6.07, 6.45) is 0.938. The molecule has 3 rings (SSSR count). The summed E-state index contributed by atoms with van der Waals surface area (Å²) in [7, 11) is -3.96. The molecule has 0 radical (unpaired) electrons. The Bertz CT molecular complexity index is 1180. The van der Waals surface area contributed by atoms with Crippen molar-refractivity contribution in [3.05, 3.63) is 94.5 Å². The first-order valence-electron chi connectivity index (χ1n) is 10.4. The van der Waals surface area contributed by atoms with Crippen molar-refractivity contribution in [2.75, 3.05) is 10.8 Å². The number of nitrogens with zero attached hydrogens (tertiary/aromatic N) is 1. The van der Waals surface area contributed by atoms with Crippen LogP contribution < -0.4 is 9.62 Å². The van der Waals surface area contributed by atoms with Crippen molar-refractivity contribution in [3.8, 4) is 0 Å². The minimum Gasteiger partial charge on any atom is -0.348 e. The van der Waals surface area contributed by atoms with Crippen LogP contribution in [0.5, 0.6) is 0 Å². The number of hydrogen-bond acceptors (Lipinski definition) is 3. The highest BCUT2D eigenvalue weighted by atomic mass is 35.5. The van der Waals surface area contributed by atoms with Crippen LogP contribution in [-0.2, 0) is 21.2 Å². The topological polar surface area (TPSA) is 66.5 Å². The van der Waals surface area contributed by atoms with E-state index in [1.165, 1.54) is 17.7 Å². The molecule has 0 fully saturated rings. The molecule has 0 spiro atoms. The molecule has 1 amide bonds. The molecular weight excluding hydrogens is 444 g/mol. The smallest absolute Gasteiger partial charge is 0.264 e. The van der Waals surface area contributed by atoms with E-state index in [-0.39, 0.29) is 17.5 Å². The number of carbonyl (C=O) groups is 1. The van der Waals surface area contributed by atoms with Crippen LogP contribution in [0.4, 0.5) is 5.69 Å². The van der Waals surface area contributed by atoms with E-state index in [4.69, 9.17) is 11.6 Å². The Balaban J connectivity index is 1.89. The Morgan fingerprint density at radius 1 is 1.03 bits per heavy atom. The zero-order chi connectivity index (χ0) is 23.3. The predicted molar refractivity (Wildman–Crippen MR) is 130 cm³/mol. The first-order valence-corrected chi connectivity index (χ1v) is 12.3. The van der Waals surface area contributed by atoms with Crippen LogP contribution in [0.1, 0.15) is 36.6 Å². The molecule has 0 saturated carbocycles. The van der Waals surface area contributed by atoms with E-state index in [9.17, 15) is 13.2 Å². The van der Waals surface area contributed by atoms with Crippen molar-refractivity contribution >= 4 is 33.2 Å². The van der Waals surface area contributed by atoms with Crippen molar-refractivity contribution in [3.63, 3.8) is 0 Å². The molecule has 0 bridgehead atoms. The SMILES string of the molecule is CCc1ccc(C(C)NC(=O)CN(c2ccc(Cl)cc2C)S(=O)(=O)c2ccccc2)cc1. The maximum Gasteiger partial charge on any atom is 0.264 e. The molecule has 7 heteroatoms. The molecule has 0 aromatic heterocycles. The second-order valence-electron chi connectivity index (χ2n) is 7.64. The summed E-state index contributed by atoms with van der Waals surface area (Å²) < 4.78 is 28.0. The van der Waals surface area contributed by atoms with Crippen LogP contribution in [0.3, 0.4) is 0 Å². The van der Waals surface area contributed by atoms with Crippen molar-refractivity contribution in [1.82, 2.24) is 5.32 Å². The number of anilines is 1. The van der Waals surface area contributed by atoms with Gasteiger partial charge >= 0.3 is 0 Å². The number of halogens is 1. The maximum atomic E-state index is 13.4. The molecule has 3 aromatic rings. The predicted octanol–water partition coefficient (Wildman–Crippen LogP) is 5.28. The maximum absolute atomic E-state index is 13.4. The minimum atomic E-state index is -3.96. The molecule has 1 N–H and O–H groups in total. The monoisotopic (exact) mass is 470 g/mol. The Labute approximate surface area is 195 Å². The summed E-state index contributed by atoms with van der Waals surface area (Å²) in [5.74, 6) is -0.397. The average molecular weight is 471 g/mol. The lowest BCUT2D eigenvalue weighted by molar-refractivity contribution is -0.120. The number of sulfonamides is 1. The third kappa shape index (κ3) is 5.50. The Morgan fingerprint density at radius 3 is 2.28 bits per heavy atom. The molecule has 0 heterocycles. The summed E-state index contributed by atoms with van der Waals surface area (Å²) in [6, 6.07) is 20.8. The number of benzene rings is 3. The Morgan fingerprint density at radius 2 is 1.69 bits per heavy atom. The van der Waals surface area contributed by atoms with Crippen LogP contribution in [0.15, 0.2) is 77.7 Å². The molecule has 0 aliphatic rings. The molecule has 1 atom stereocenters. The lowest BCUT2D eigenvalue weighted by Gasteiger charge is -2.26. The van der Waals surface area contributed by atoms with Crippen molar-refractivity contribution in [1.29, 1.82) is 0 Å². The van der Waals surface area contributed by atoms with E-state index in [0.717, 1.165) is 16.3 Å². The zero-order valence-corrected chi connectivity index (χ0v) is 20.0. The molecule has 5 nitrogen and oxygen atoms in total. The number of hydrogen-bond donors (Lipinski definition) is 1. The van der Waals surface area contributed by atoms with Gasteiger partial charge in [-0.2, -0.15) is 0 Å². The highest BCUT2D eigenvalue weighted by molar-refractivity contribution is 7.92. The van der Waals surface area contributed by atoms with Gasteiger partial charge in [-0.25, -0.2) is 8.42 Å². The summed E-state index contributed by atoms with van der Waals surface area (Å²) in [5, 5.41) is 3.41. The standard InChI is InChI=1S/C25H27ClN2O3S/c1-4-20-10-12-21(13-11-20)19(3)27-25(29)17-28(24-15-14-22(26)16-18(24)2)32(30,31)23-8-6-5-7-9-23/h5-16,19H,4,17H2,1-3H3,(H,27,29). The van der Waals surface area contributed by atoms with Gasteiger partial charge in [0.25, 0.3) is 10.0 Å². The van der Waals surface area contributed by atoms with Crippen molar-refractivity contribution in [2.24, 2.45) is 0 Å². The van der Waals surface area contributed by atoms with Gasteiger partial charge in [0.2, 0.25) is 5.91 Å². The lowest BCUT2D eigenvalue weighted by Crippen LogP contribution is -2.41. The fourth-order valence-corrected chi connectivity index (χ4v) is 5.19. The van der Waals surface area contributed by atoms with E-state index < -0.39 is 15.9 Å². The van der Waals surface area contributed by atoms with Crippen molar-refractivity contribution < 1.29 is 13.2 Å². The average Bonchev–Trinajstić information content (AvgIpc) is 2.78. The summed E-state index contributed by atoms with van der Waals surface area (Å²) >= 11 is 6.07. The third-order valence-electron chi connectivity index (χ3n) is 5.31. The van der Waals surface area contributed by atoms with Crippen LogP contribution in [0.2, 0.25) is 5.02 Å². The second-order valence-corrected chi connectivity index (χ2v) is 9.94. The molecule has 0 aliphatic carbocycles. The van der Waals surface area contributed by atoms with Gasteiger partial charge in [0, 0.05) is 5.02 Å². The largest absolute Gasteiger partial charge is 0.348 e. The van der Waals surface area contributed by atoms with Gasteiger partial charge in [0.1, 0.15) is 6.54 Å². The first kappa shape index (κ1) is 23.8. The van der Waals surface area contributed by atoms with Crippen LogP contribution >= 0.6 is 11.6 Å². The summed E-state index contributed by atoms with van der Waals surface area (Å²) in [4.78, 5) is 13.1. The lowest BCUT2D eigenvalue weighted by atomic mass is 10.1. The number of carbonyl (C=O) groups excluding carboxylic acids is 1. The highest BCUT2D eigenvalue weighted by Gasteiger charge is 2.28. The van der Waals surface area contributed by atoms with E-state index >= 15 is 0 Å². The second kappa shape index (κ2) is 10.2. The number of rotatable bonds is 8. The molecule has 0 aliphatic heterocycles.